The van der Waals surface area contributed by atoms with Gasteiger partial charge in [-0.2, -0.15) is 9.97 Å². The van der Waals surface area contributed by atoms with Crippen molar-refractivity contribution in [3.8, 4) is 0 Å². The zero-order chi connectivity index (χ0) is 9.42. The second kappa shape index (κ2) is 2.86. The van der Waals surface area contributed by atoms with Crippen LogP contribution in [-0.2, 0) is 11.2 Å². The number of nitrogen functional groups attached to an aromatic ring is 1. The summed E-state index contributed by atoms with van der Waals surface area (Å²) in [5.41, 5.74) is 6.60. The highest BCUT2D eigenvalue weighted by molar-refractivity contribution is 7.90. The first-order chi connectivity index (χ1) is 6.18. The summed E-state index contributed by atoms with van der Waals surface area (Å²) in [6.45, 7) is 0. The van der Waals surface area contributed by atoms with Crippen LogP contribution < -0.4 is 5.73 Å². The monoisotopic (exact) mass is 197 g/mol. The van der Waals surface area contributed by atoms with Crippen LogP contribution >= 0.6 is 0 Å². The molecule has 0 radical (unpaired) electrons. The number of H-pyrrole nitrogens is 1. The van der Waals surface area contributed by atoms with E-state index in [9.17, 15) is 4.55 Å². The molecule has 0 amide bonds. The molecule has 0 saturated carbocycles. The summed E-state index contributed by atoms with van der Waals surface area (Å²) in [4.78, 5) is 14.5. The SMILES string of the molecule is C[S+]([O-])c1nc(N)c2[nH]cnc2n1. The lowest BCUT2D eigenvalue weighted by Crippen LogP contribution is -2.06. The van der Waals surface area contributed by atoms with E-state index >= 15 is 0 Å². The number of hydrogen-bond acceptors (Lipinski definition) is 5. The minimum atomic E-state index is -1.24. The predicted octanol–water partition coefficient (Wildman–Crippen LogP) is -0.328. The summed E-state index contributed by atoms with van der Waals surface area (Å²) in [6, 6.07) is 0. The van der Waals surface area contributed by atoms with Crippen molar-refractivity contribution in [2.24, 2.45) is 0 Å². The first-order valence-corrected chi connectivity index (χ1v) is 5.04. The van der Waals surface area contributed by atoms with E-state index in [0.717, 1.165) is 0 Å². The van der Waals surface area contributed by atoms with E-state index in [0.29, 0.717) is 11.2 Å². The van der Waals surface area contributed by atoms with Gasteiger partial charge < -0.3 is 15.3 Å². The Labute approximate surface area is 76.8 Å². The zero-order valence-electron chi connectivity index (χ0n) is 6.81. The highest BCUT2D eigenvalue weighted by atomic mass is 32.2. The van der Waals surface area contributed by atoms with Gasteiger partial charge in [-0.05, 0) is 0 Å². The third kappa shape index (κ3) is 1.31. The van der Waals surface area contributed by atoms with Gasteiger partial charge in [0.1, 0.15) is 11.8 Å². The topological polar surface area (TPSA) is 104 Å². The van der Waals surface area contributed by atoms with Crippen molar-refractivity contribution < 1.29 is 4.55 Å². The van der Waals surface area contributed by atoms with E-state index in [-0.39, 0.29) is 11.0 Å². The van der Waals surface area contributed by atoms with E-state index in [1.807, 2.05) is 0 Å². The van der Waals surface area contributed by atoms with Gasteiger partial charge in [0.05, 0.1) is 6.33 Å². The van der Waals surface area contributed by atoms with Gasteiger partial charge in [-0.1, -0.05) is 0 Å². The van der Waals surface area contributed by atoms with Gasteiger partial charge in [0.25, 0.3) is 0 Å². The molecule has 0 aliphatic heterocycles. The number of rotatable bonds is 1. The summed E-state index contributed by atoms with van der Waals surface area (Å²) >= 11 is -1.24. The molecule has 68 valence electrons. The molecule has 13 heavy (non-hydrogen) atoms. The number of fused-ring (bicyclic) bond motifs is 1. The predicted molar refractivity (Wildman–Crippen MR) is 48.4 cm³/mol. The lowest BCUT2D eigenvalue weighted by molar-refractivity contribution is 0.593. The lowest BCUT2D eigenvalue weighted by atomic mass is 10.5. The van der Waals surface area contributed by atoms with Crippen LogP contribution in [0.5, 0.6) is 0 Å². The van der Waals surface area contributed by atoms with E-state index in [1.54, 1.807) is 0 Å². The van der Waals surface area contributed by atoms with Crippen LogP contribution in [0.25, 0.3) is 11.2 Å². The van der Waals surface area contributed by atoms with Crippen LogP contribution in [0.4, 0.5) is 5.82 Å². The maximum atomic E-state index is 11.1. The number of anilines is 1. The van der Waals surface area contributed by atoms with E-state index in [4.69, 9.17) is 5.73 Å². The molecule has 0 bridgehead atoms. The second-order valence-corrected chi connectivity index (χ2v) is 3.72. The molecule has 0 aliphatic carbocycles. The molecule has 2 aromatic heterocycles. The fraction of sp³-hybridized carbons (Fsp3) is 0.167. The van der Waals surface area contributed by atoms with Crippen molar-refractivity contribution in [2.75, 3.05) is 12.0 Å². The van der Waals surface area contributed by atoms with Crippen molar-refractivity contribution in [1.29, 1.82) is 0 Å². The Morgan fingerprint density at radius 2 is 2.31 bits per heavy atom. The van der Waals surface area contributed by atoms with E-state index in [1.165, 1.54) is 12.6 Å². The van der Waals surface area contributed by atoms with Gasteiger partial charge in [0.15, 0.2) is 11.5 Å². The Balaban J connectivity index is 2.70. The molecule has 2 rings (SSSR count). The minimum absolute atomic E-state index is 0.206. The van der Waals surface area contributed by atoms with Gasteiger partial charge in [-0.25, -0.2) is 4.98 Å². The number of nitrogens with two attached hydrogens (primary N) is 1. The van der Waals surface area contributed by atoms with Gasteiger partial charge in [-0.3, -0.25) is 0 Å². The summed E-state index contributed by atoms with van der Waals surface area (Å²) in [7, 11) is 0. The van der Waals surface area contributed by atoms with Crippen molar-refractivity contribution in [2.45, 2.75) is 5.16 Å². The van der Waals surface area contributed by atoms with Gasteiger partial charge in [0, 0.05) is 11.2 Å². The molecule has 2 aromatic rings. The fourth-order valence-electron chi connectivity index (χ4n) is 0.963. The maximum Gasteiger partial charge on any atom is 0.346 e. The third-order valence-electron chi connectivity index (χ3n) is 1.55. The minimum Gasteiger partial charge on any atom is -0.609 e. The average Bonchev–Trinajstić information content (AvgIpc) is 2.51. The van der Waals surface area contributed by atoms with Crippen molar-refractivity contribution in [1.82, 2.24) is 19.9 Å². The van der Waals surface area contributed by atoms with Crippen molar-refractivity contribution in [3.05, 3.63) is 6.33 Å². The van der Waals surface area contributed by atoms with Crippen LogP contribution in [0, 0.1) is 0 Å². The van der Waals surface area contributed by atoms with E-state index < -0.39 is 11.2 Å². The van der Waals surface area contributed by atoms with Gasteiger partial charge in [0.2, 0.25) is 0 Å². The van der Waals surface area contributed by atoms with Crippen LogP contribution in [-0.4, -0.2) is 30.7 Å². The molecule has 2 heterocycles. The Hall–Kier alpha value is -1.34. The number of imidazole rings is 1. The Morgan fingerprint density at radius 3 is 3.00 bits per heavy atom. The number of aromatic amines is 1. The standard InChI is InChI=1S/C6H7N5OS/c1-13(12)6-10-4(7)3-5(11-6)9-2-8-3/h2H,1H3,(H3,7,8,9,10,11). The van der Waals surface area contributed by atoms with E-state index in [2.05, 4.69) is 19.9 Å². The first kappa shape index (κ1) is 8.27. The summed E-state index contributed by atoms with van der Waals surface area (Å²) in [5, 5.41) is 0.206. The molecule has 1 atom stereocenters. The van der Waals surface area contributed by atoms with Crippen molar-refractivity contribution >= 4 is 28.2 Å². The molecule has 6 nitrogen and oxygen atoms in total. The largest absolute Gasteiger partial charge is 0.609 e. The number of nitrogens with one attached hydrogen (secondary N) is 1. The summed E-state index contributed by atoms with van der Waals surface area (Å²) < 4.78 is 11.1. The quantitative estimate of drug-likeness (QED) is 0.481. The van der Waals surface area contributed by atoms with Crippen LogP contribution in [0.2, 0.25) is 0 Å². The lowest BCUT2D eigenvalue weighted by Gasteiger charge is -2.01. The van der Waals surface area contributed by atoms with Crippen molar-refractivity contribution in [3.63, 3.8) is 0 Å². The molecule has 0 aliphatic rings. The highest BCUT2D eigenvalue weighted by Gasteiger charge is 2.13. The molecule has 1 unspecified atom stereocenters. The summed E-state index contributed by atoms with van der Waals surface area (Å²) in [5.74, 6) is 0.271. The molecule has 7 heteroatoms. The molecule has 0 aromatic carbocycles. The number of hydrogen-bond donors (Lipinski definition) is 2. The highest BCUT2D eigenvalue weighted by Crippen LogP contribution is 2.14. The summed E-state index contributed by atoms with van der Waals surface area (Å²) in [6.07, 6.45) is 2.96. The number of aromatic nitrogens is 4. The van der Waals surface area contributed by atoms with Gasteiger partial charge >= 0.3 is 5.16 Å². The second-order valence-electron chi connectivity index (χ2n) is 2.45. The zero-order valence-corrected chi connectivity index (χ0v) is 7.63. The normalized spacial score (nSPS) is 13.4. The Bertz CT molecular complexity index is 440. The van der Waals surface area contributed by atoms with Crippen LogP contribution in [0.15, 0.2) is 11.5 Å². The van der Waals surface area contributed by atoms with Crippen LogP contribution in [0.1, 0.15) is 0 Å². The average molecular weight is 197 g/mol. The molecule has 0 fully saturated rings. The molecule has 3 N–H and O–H groups in total. The Morgan fingerprint density at radius 1 is 1.54 bits per heavy atom. The first-order valence-electron chi connectivity index (χ1n) is 3.48. The number of nitrogens with zero attached hydrogens (tertiary/aromatic N) is 3. The smallest absolute Gasteiger partial charge is 0.346 e. The Kier molecular flexibility index (Phi) is 1.82. The molecule has 0 spiro atoms. The fourth-order valence-corrected chi connectivity index (χ4v) is 1.41. The molecular formula is C6H7N5OS. The van der Waals surface area contributed by atoms with Gasteiger partial charge in [-0.15, -0.1) is 0 Å². The molecular weight excluding hydrogens is 190 g/mol. The third-order valence-corrected chi connectivity index (χ3v) is 2.25. The maximum absolute atomic E-state index is 11.1. The van der Waals surface area contributed by atoms with Crippen LogP contribution in [0.3, 0.4) is 0 Å². The molecule has 0 saturated heterocycles.